The summed E-state index contributed by atoms with van der Waals surface area (Å²) in [6.07, 6.45) is 5.32. The lowest BCUT2D eigenvalue weighted by atomic mass is 10.2. The minimum atomic E-state index is -0.167. The fraction of sp³-hybridized carbons (Fsp3) is 0.625. The van der Waals surface area contributed by atoms with Crippen LogP contribution < -0.4 is 9.47 Å². The second kappa shape index (κ2) is 6.55. The highest BCUT2D eigenvalue weighted by molar-refractivity contribution is 9.10. The van der Waals surface area contributed by atoms with Crippen LogP contribution in [0.15, 0.2) is 22.7 Å². The molecule has 0 amide bonds. The van der Waals surface area contributed by atoms with E-state index in [0.29, 0.717) is 6.61 Å². The van der Waals surface area contributed by atoms with Crippen LogP contribution in [0, 0.1) is 0 Å². The third kappa shape index (κ3) is 3.90. The molecule has 3 rings (SSSR count). The van der Waals surface area contributed by atoms with Crippen LogP contribution in [0.2, 0.25) is 0 Å². The number of benzene rings is 1. The Balaban J connectivity index is 1.56. The average molecular weight is 357 g/mol. The van der Waals surface area contributed by atoms with Gasteiger partial charge in [-0.05, 0) is 50.3 Å². The molecule has 0 spiro atoms. The van der Waals surface area contributed by atoms with E-state index in [9.17, 15) is 0 Å². The molecule has 4 nitrogen and oxygen atoms in total. The van der Waals surface area contributed by atoms with Crippen LogP contribution in [-0.4, -0.2) is 32.2 Å². The first-order valence-corrected chi connectivity index (χ1v) is 8.26. The predicted molar refractivity (Wildman–Crippen MR) is 82.8 cm³/mol. The molecule has 21 heavy (non-hydrogen) atoms. The van der Waals surface area contributed by atoms with E-state index < -0.39 is 0 Å². The first-order valence-electron chi connectivity index (χ1n) is 7.47. The van der Waals surface area contributed by atoms with E-state index in [-0.39, 0.29) is 11.9 Å². The number of hydrogen-bond acceptors (Lipinski definition) is 4. The van der Waals surface area contributed by atoms with Crippen LogP contribution in [0.5, 0.6) is 11.5 Å². The Labute approximate surface area is 133 Å². The van der Waals surface area contributed by atoms with Crippen molar-refractivity contribution in [2.45, 2.75) is 44.0 Å². The SMILES string of the molecule is COc1cc(Br)ccc1OCC1(OC2CCCCO2)CC1. The van der Waals surface area contributed by atoms with Gasteiger partial charge in [-0.3, -0.25) is 0 Å². The molecule has 0 bridgehead atoms. The predicted octanol–water partition coefficient (Wildman–Crippen LogP) is 3.91. The highest BCUT2D eigenvalue weighted by atomic mass is 79.9. The summed E-state index contributed by atoms with van der Waals surface area (Å²) in [5.74, 6) is 1.48. The van der Waals surface area contributed by atoms with Gasteiger partial charge in [-0.2, -0.15) is 0 Å². The molecule has 1 atom stereocenters. The lowest BCUT2D eigenvalue weighted by Crippen LogP contribution is -2.33. The molecule has 1 saturated heterocycles. The first kappa shape index (κ1) is 15.1. The van der Waals surface area contributed by atoms with E-state index in [1.807, 2.05) is 18.2 Å². The van der Waals surface area contributed by atoms with Crippen LogP contribution in [0.4, 0.5) is 0 Å². The molecule has 2 fully saturated rings. The zero-order valence-corrected chi connectivity index (χ0v) is 13.9. The maximum absolute atomic E-state index is 6.11. The van der Waals surface area contributed by atoms with Gasteiger partial charge in [-0.25, -0.2) is 0 Å². The summed E-state index contributed by atoms with van der Waals surface area (Å²) in [5, 5.41) is 0. The van der Waals surface area contributed by atoms with Crippen LogP contribution in [0.1, 0.15) is 32.1 Å². The number of ether oxygens (including phenoxy) is 4. The van der Waals surface area contributed by atoms with Gasteiger partial charge in [-0.15, -0.1) is 0 Å². The van der Waals surface area contributed by atoms with E-state index in [0.717, 1.165) is 48.3 Å². The zero-order chi connectivity index (χ0) is 14.7. The third-order valence-electron chi connectivity index (χ3n) is 3.94. The number of hydrogen-bond donors (Lipinski definition) is 0. The molecule has 0 aromatic heterocycles. The van der Waals surface area contributed by atoms with Crippen molar-refractivity contribution in [3.05, 3.63) is 22.7 Å². The highest BCUT2D eigenvalue weighted by Crippen LogP contribution is 2.43. The van der Waals surface area contributed by atoms with Crippen molar-refractivity contribution in [3.8, 4) is 11.5 Å². The Morgan fingerprint density at radius 3 is 2.81 bits per heavy atom. The molecule has 1 heterocycles. The van der Waals surface area contributed by atoms with Gasteiger partial charge in [0.05, 0.1) is 7.11 Å². The molecule has 1 aliphatic carbocycles. The maximum Gasteiger partial charge on any atom is 0.161 e. The molecule has 1 aliphatic heterocycles. The summed E-state index contributed by atoms with van der Waals surface area (Å²) >= 11 is 3.43. The molecule has 2 aliphatic rings. The van der Waals surface area contributed by atoms with Gasteiger partial charge < -0.3 is 18.9 Å². The Morgan fingerprint density at radius 2 is 2.14 bits per heavy atom. The van der Waals surface area contributed by atoms with Gasteiger partial charge >= 0.3 is 0 Å². The lowest BCUT2D eigenvalue weighted by molar-refractivity contribution is -0.202. The highest BCUT2D eigenvalue weighted by Gasteiger charge is 2.47. The van der Waals surface area contributed by atoms with Crippen molar-refractivity contribution in [3.63, 3.8) is 0 Å². The van der Waals surface area contributed by atoms with Crippen molar-refractivity contribution in [2.75, 3.05) is 20.3 Å². The van der Waals surface area contributed by atoms with Gasteiger partial charge in [0.15, 0.2) is 17.8 Å². The standard InChI is InChI=1S/C16H21BrO4/c1-18-14-10-12(17)5-6-13(14)20-11-16(7-8-16)21-15-4-2-3-9-19-15/h5-6,10,15H,2-4,7-9,11H2,1H3. The summed E-state index contributed by atoms with van der Waals surface area (Å²) < 4.78 is 24.0. The van der Waals surface area contributed by atoms with Crippen molar-refractivity contribution >= 4 is 15.9 Å². The molecule has 1 aromatic rings. The minimum Gasteiger partial charge on any atom is -0.493 e. The zero-order valence-electron chi connectivity index (χ0n) is 12.3. The van der Waals surface area contributed by atoms with Crippen molar-refractivity contribution in [1.29, 1.82) is 0 Å². The van der Waals surface area contributed by atoms with E-state index in [1.165, 1.54) is 6.42 Å². The first-order chi connectivity index (χ1) is 10.2. The molecule has 0 N–H and O–H groups in total. The van der Waals surface area contributed by atoms with Gasteiger partial charge in [0.25, 0.3) is 0 Å². The molecule has 1 unspecified atom stereocenters. The van der Waals surface area contributed by atoms with Crippen molar-refractivity contribution in [2.24, 2.45) is 0 Å². The topological polar surface area (TPSA) is 36.9 Å². The fourth-order valence-electron chi connectivity index (χ4n) is 2.49. The monoisotopic (exact) mass is 356 g/mol. The second-order valence-corrected chi connectivity index (χ2v) is 6.60. The number of methoxy groups -OCH3 is 1. The third-order valence-corrected chi connectivity index (χ3v) is 4.44. The Bertz CT molecular complexity index is 481. The van der Waals surface area contributed by atoms with Crippen LogP contribution >= 0.6 is 15.9 Å². The number of rotatable bonds is 6. The Kier molecular flexibility index (Phi) is 4.72. The van der Waals surface area contributed by atoms with Crippen LogP contribution in [0.25, 0.3) is 0 Å². The summed E-state index contributed by atoms with van der Waals surface area (Å²) in [6.45, 7) is 1.35. The second-order valence-electron chi connectivity index (χ2n) is 5.68. The average Bonchev–Trinajstić information content (AvgIpc) is 3.27. The van der Waals surface area contributed by atoms with Crippen molar-refractivity contribution in [1.82, 2.24) is 0 Å². The molecule has 1 aromatic carbocycles. The van der Waals surface area contributed by atoms with E-state index in [4.69, 9.17) is 18.9 Å². The summed E-state index contributed by atoms with van der Waals surface area (Å²) in [7, 11) is 1.65. The van der Waals surface area contributed by atoms with Crippen molar-refractivity contribution < 1.29 is 18.9 Å². The lowest BCUT2D eigenvalue weighted by Gasteiger charge is -2.28. The van der Waals surface area contributed by atoms with Gasteiger partial charge in [-0.1, -0.05) is 15.9 Å². The molecule has 1 saturated carbocycles. The quantitative estimate of drug-likeness (QED) is 0.774. The van der Waals surface area contributed by atoms with Crippen LogP contribution in [-0.2, 0) is 9.47 Å². The van der Waals surface area contributed by atoms with Crippen LogP contribution in [0.3, 0.4) is 0 Å². The number of halogens is 1. The molecular weight excluding hydrogens is 336 g/mol. The fourth-order valence-corrected chi connectivity index (χ4v) is 2.83. The van der Waals surface area contributed by atoms with E-state index in [1.54, 1.807) is 7.11 Å². The largest absolute Gasteiger partial charge is 0.493 e. The smallest absolute Gasteiger partial charge is 0.161 e. The Hall–Kier alpha value is -0.780. The summed E-state index contributed by atoms with van der Waals surface area (Å²) in [4.78, 5) is 0. The van der Waals surface area contributed by atoms with Gasteiger partial charge in [0.1, 0.15) is 12.2 Å². The normalized spacial score (nSPS) is 23.6. The Morgan fingerprint density at radius 1 is 1.29 bits per heavy atom. The van der Waals surface area contributed by atoms with E-state index in [2.05, 4.69) is 15.9 Å². The van der Waals surface area contributed by atoms with E-state index >= 15 is 0 Å². The maximum atomic E-state index is 6.11. The molecule has 116 valence electrons. The molecule has 0 radical (unpaired) electrons. The summed E-state index contributed by atoms with van der Waals surface area (Å²) in [5.41, 5.74) is -0.167. The van der Waals surface area contributed by atoms with Gasteiger partial charge in [0.2, 0.25) is 0 Å². The molecular formula is C16H21BrO4. The summed E-state index contributed by atoms with van der Waals surface area (Å²) in [6, 6.07) is 5.76. The minimum absolute atomic E-state index is 0.0586. The molecule has 5 heteroatoms. The van der Waals surface area contributed by atoms with Gasteiger partial charge in [0, 0.05) is 11.1 Å².